The number of carbonyl (C=O) groups is 1. The molecule has 8 heteroatoms. The van der Waals surface area contributed by atoms with E-state index >= 15 is 0 Å². The summed E-state index contributed by atoms with van der Waals surface area (Å²) in [6.45, 7) is 5.49. The van der Waals surface area contributed by atoms with Crippen LogP contribution in [0.3, 0.4) is 0 Å². The van der Waals surface area contributed by atoms with Gasteiger partial charge in [0, 0.05) is 13.2 Å². The third kappa shape index (κ3) is 4.90. The third-order valence-corrected chi connectivity index (χ3v) is 5.38. The van der Waals surface area contributed by atoms with E-state index in [0.29, 0.717) is 54.2 Å². The second-order valence-corrected chi connectivity index (χ2v) is 8.11. The lowest BCUT2D eigenvalue weighted by molar-refractivity contribution is 0.0757. The molecule has 33 heavy (non-hydrogen) atoms. The number of hydrogen-bond acceptors (Lipinski definition) is 6. The maximum absolute atomic E-state index is 13.1. The van der Waals surface area contributed by atoms with Gasteiger partial charge in [-0.2, -0.15) is 0 Å². The fraction of sp³-hybridized carbons (Fsp3) is 0.320. The zero-order chi connectivity index (χ0) is 23.4. The summed E-state index contributed by atoms with van der Waals surface area (Å²) in [5.74, 6) is 0.851. The van der Waals surface area contributed by atoms with Gasteiger partial charge in [-0.3, -0.25) is 4.79 Å². The molecule has 4 aromatic rings. The van der Waals surface area contributed by atoms with Gasteiger partial charge in [-0.05, 0) is 50.1 Å². The van der Waals surface area contributed by atoms with Crippen LogP contribution >= 0.6 is 0 Å². The molecule has 2 aromatic heterocycles. The normalized spacial score (nSPS) is 11.4. The molecule has 1 amide bonds. The number of nitrogens with one attached hydrogen (secondary N) is 1. The lowest BCUT2D eigenvalue weighted by atomic mass is 10.2. The Bertz CT molecular complexity index is 1260. The van der Waals surface area contributed by atoms with Crippen molar-refractivity contribution in [2.24, 2.45) is 0 Å². The van der Waals surface area contributed by atoms with Gasteiger partial charge >= 0.3 is 0 Å². The molecule has 0 atom stereocenters. The number of nitrogen functional groups attached to an aromatic ring is 1. The third-order valence-electron chi connectivity index (χ3n) is 5.38. The molecule has 2 aromatic carbocycles. The molecule has 0 radical (unpaired) electrons. The molecule has 3 N–H and O–H groups in total. The topological polar surface area (TPSA) is 104 Å². The number of rotatable bonds is 9. The van der Waals surface area contributed by atoms with Crippen LogP contribution in [-0.2, 0) is 11.3 Å². The zero-order valence-electron chi connectivity index (χ0n) is 19.2. The van der Waals surface area contributed by atoms with Gasteiger partial charge in [-0.15, -0.1) is 0 Å². The first-order chi connectivity index (χ1) is 16.0. The molecular weight excluding hydrogens is 418 g/mol. The Labute approximate surface area is 192 Å². The van der Waals surface area contributed by atoms with Crippen LogP contribution in [0, 0.1) is 0 Å². The smallest absolute Gasteiger partial charge is 0.257 e. The maximum atomic E-state index is 13.1. The average Bonchev–Trinajstić information content (AvgIpc) is 3.07. The van der Waals surface area contributed by atoms with Crippen molar-refractivity contribution in [2.75, 3.05) is 26.0 Å². The minimum atomic E-state index is -0.264. The molecule has 0 bridgehead atoms. The number of anilines is 1. The summed E-state index contributed by atoms with van der Waals surface area (Å²) in [5, 5.41) is 2.95. The van der Waals surface area contributed by atoms with Crippen LogP contribution in [0.1, 0.15) is 36.2 Å². The molecule has 0 unspecified atom stereocenters. The SMILES string of the molecule is COc1ccc(Cn2c(N)c(C(=O)NCCCOC(C)C)c3nc4ccccc4nc32)cc1. The molecule has 172 valence electrons. The number of nitrogens with zero attached hydrogens (tertiary/aromatic N) is 3. The fourth-order valence-corrected chi connectivity index (χ4v) is 3.70. The van der Waals surface area contributed by atoms with E-state index in [4.69, 9.17) is 25.2 Å². The van der Waals surface area contributed by atoms with Crippen LogP contribution < -0.4 is 15.8 Å². The van der Waals surface area contributed by atoms with Crippen molar-refractivity contribution in [1.82, 2.24) is 19.9 Å². The van der Waals surface area contributed by atoms with E-state index in [1.807, 2.05) is 66.9 Å². The van der Waals surface area contributed by atoms with Gasteiger partial charge in [0.1, 0.15) is 22.6 Å². The largest absolute Gasteiger partial charge is 0.497 e. The van der Waals surface area contributed by atoms with Gasteiger partial charge in [0.05, 0.1) is 30.8 Å². The van der Waals surface area contributed by atoms with E-state index in [1.54, 1.807) is 7.11 Å². The Hall–Kier alpha value is -3.65. The number of amides is 1. The van der Waals surface area contributed by atoms with Crippen molar-refractivity contribution in [3.05, 3.63) is 59.7 Å². The van der Waals surface area contributed by atoms with Crippen LogP contribution in [-0.4, -0.2) is 46.8 Å². The van der Waals surface area contributed by atoms with Crippen molar-refractivity contribution in [3.8, 4) is 5.75 Å². The van der Waals surface area contributed by atoms with Crippen molar-refractivity contribution in [2.45, 2.75) is 32.9 Å². The van der Waals surface area contributed by atoms with E-state index in [0.717, 1.165) is 16.8 Å². The molecule has 0 aliphatic rings. The molecule has 8 nitrogen and oxygen atoms in total. The van der Waals surface area contributed by atoms with Crippen LogP contribution in [0.4, 0.5) is 5.82 Å². The number of para-hydroxylation sites is 2. The number of hydrogen-bond donors (Lipinski definition) is 2. The number of fused-ring (bicyclic) bond motifs is 2. The molecule has 2 heterocycles. The van der Waals surface area contributed by atoms with E-state index in [-0.39, 0.29) is 12.0 Å². The molecule has 4 rings (SSSR count). The van der Waals surface area contributed by atoms with E-state index < -0.39 is 0 Å². The Balaban J connectivity index is 1.69. The summed E-state index contributed by atoms with van der Waals surface area (Å²) >= 11 is 0. The van der Waals surface area contributed by atoms with Crippen molar-refractivity contribution in [1.29, 1.82) is 0 Å². The lowest BCUT2D eigenvalue weighted by Gasteiger charge is -2.10. The Morgan fingerprint density at radius 3 is 2.45 bits per heavy atom. The maximum Gasteiger partial charge on any atom is 0.257 e. The van der Waals surface area contributed by atoms with Crippen molar-refractivity contribution < 1.29 is 14.3 Å². The molecule has 0 saturated carbocycles. The first kappa shape index (κ1) is 22.5. The van der Waals surface area contributed by atoms with Crippen LogP contribution in [0.15, 0.2) is 48.5 Å². The molecule has 0 spiro atoms. The fourth-order valence-electron chi connectivity index (χ4n) is 3.70. The van der Waals surface area contributed by atoms with E-state index in [1.165, 1.54) is 0 Å². The summed E-state index contributed by atoms with van der Waals surface area (Å²) in [6, 6.07) is 15.3. The highest BCUT2D eigenvalue weighted by molar-refractivity contribution is 6.10. The highest BCUT2D eigenvalue weighted by atomic mass is 16.5. The highest BCUT2D eigenvalue weighted by Crippen LogP contribution is 2.29. The van der Waals surface area contributed by atoms with Gasteiger partial charge in [0.2, 0.25) is 0 Å². The second kappa shape index (κ2) is 9.87. The molecule has 0 aliphatic carbocycles. The first-order valence-electron chi connectivity index (χ1n) is 11.0. The quantitative estimate of drug-likeness (QED) is 0.379. The molecule has 0 aliphatic heterocycles. The highest BCUT2D eigenvalue weighted by Gasteiger charge is 2.24. The summed E-state index contributed by atoms with van der Waals surface area (Å²) in [6.07, 6.45) is 0.874. The Morgan fingerprint density at radius 1 is 1.09 bits per heavy atom. The van der Waals surface area contributed by atoms with E-state index in [2.05, 4.69) is 5.32 Å². The van der Waals surface area contributed by atoms with Gasteiger partial charge in [-0.25, -0.2) is 9.97 Å². The number of ether oxygens (including phenoxy) is 2. The summed E-state index contributed by atoms with van der Waals surface area (Å²) in [5.41, 5.74) is 10.4. The van der Waals surface area contributed by atoms with Crippen LogP contribution in [0.5, 0.6) is 5.75 Å². The van der Waals surface area contributed by atoms with Gasteiger partial charge in [-0.1, -0.05) is 24.3 Å². The van der Waals surface area contributed by atoms with Crippen LogP contribution in [0.2, 0.25) is 0 Å². The number of methoxy groups -OCH3 is 1. The molecular formula is C25H29N5O3. The average molecular weight is 448 g/mol. The molecule has 0 fully saturated rings. The van der Waals surface area contributed by atoms with E-state index in [9.17, 15) is 4.79 Å². The second-order valence-electron chi connectivity index (χ2n) is 8.11. The number of aromatic nitrogens is 3. The number of carbonyl (C=O) groups excluding carboxylic acids is 1. The standard InChI is InChI=1S/C25H29N5O3/c1-16(2)33-14-6-13-27-25(31)21-22-24(29-20-8-5-4-7-19(20)28-22)30(23(21)26)15-17-9-11-18(32-3)12-10-17/h4-5,7-12,16H,6,13-15,26H2,1-3H3,(H,27,31). The monoisotopic (exact) mass is 447 g/mol. The predicted molar refractivity (Wildman–Crippen MR) is 130 cm³/mol. The number of benzene rings is 2. The Kier molecular flexibility index (Phi) is 6.74. The summed E-state index contributed by atoms with van der Waals surface area (Å²) < 4.78 is 12.6. The first-order valence-corrected chi connectivity index (χ1v) is 11.0. The van der Waals surface area contributed by atoms with Crippen molar-refractivity contribution in [3.63, 3.8) is 0 Å². The van der Waals surface area contributed by atoms with Crippen molar-refractivity contribution >= 4 is 33.9 Å². The predicted octanol–water partition coefficient (Wildman–Crippen LogP) is 3.77. The van der Waals surface area contributed by atoms with Gasteiger partial charge in [0.25, 0.3) is 5.91 Å². The Morgan fingerprint density at radius 2 is 1.79 bits per heavy atom. The minimum Gasteiger partial charge on any atom is -0.497 e. The van der Waals surface area contributed by atoms with Gasteiger partial charge < -0.3 is 25.1 Å². The number of nitrogens with two attached hydrogens (primary N) is 1. The van der Waals surface area contributed by atoms with Crippen LogP contribution in [0.25, 0.3) is 22.2 Å². The lowest BCUT2D eigenvalue weighted by Crippen LogP contribution is -2.26. The summed E-state index contributed by atoms with van der Waals surface area (Å²) in [4.78, 5) is 22.7. The molecule has 0 saturated heterocycles. The zero-order valence-corrected chi connectivity index (χ0v) is 19.2. The minimum absolute atomic E-state index is 0.163. The van der Waals surface area contributed by atoms with Gasteiger partial charge in [0.15, 0.2) is 5.65 Å². The summed E-state index contributed by atoms with van der Waals surface area (Å²) in [7, 11) is 1.63.